The summed E-state index contributed by atoms with van der Waals surface area (Å²) in [5.74, 6) is 0. The standard InChI is InChI=1S/C12H19N.C2H6/c1-2-11-6-8-12(9-7-11)5-3-4-10-13;1-2/h6-9H,2-5,10,13H2,1H3;1-2H3. The molecule has 0 aliphatic carbocycles. The molecule has 0 heterocycles. The highest BCUT2D eigenvalue weighted by Gasteiger charge is 1.93. The zero-order valence-corrected chi connectivity index (χ0v) is 10.4. The second-order valence-corrected chi connectivity index (χ2v) is 3.42. The van der Waals surface area contributed by atoms with Crippen LogP contribution in [0.15, 0.2) is 24.3 Å². The molecule has 1 heteroatoms. The van der Waals surface area contributed by atoms with E-state index in [0.717, 1.165) is 19.4 Å². The zero-order valence-electron chi connectivity index (χ0n) is 10.4. The van der Waals surface area contributed by atoms with Gasteiger partial charge in [0.1, 0.15) is 0 Å². The van der Waals surface area contributed by atoms with Gasteiger partial charge in [0, 0.05) is 0 Å². The van der Waals surface area contributed by atoms with E-state index < -0.39 is 0 Å². The Hall–Kier alpha value is -0.820. The largest absolute Gasteiger partial charge is 0.330 e. The third-order valence-electron chi connectivity index (χ3n) is 2.35. The van der Waals surface area contributed by atoms with Crippen molar-refractivity contribution in [2.45, 2.75) is 46.5 Å². The maximum atomic E-state index is 5.44. The Kier molecular flexibility index (Phi) is 9.19. The van der Waals surface area contributed by atoms with E-state index in [9.17, 15) is 0 Å². The zero-order chi connectivity index (χ0) is 11.5. The summed E-state index contributed by atoms with van der Waals surface area (Å²) in [5, 5.41) is 0. The third-order valence-corrected chi connectivity index (χ3v) is 2.35. The molecule has 1 aromatic rings. The van der Waals surface area contributed by atoms with Gasteiger partial charge in [0.15, 0.2) is 0 Å². The van der Waals surface area contributed by atoms with Crippen LogP contribution in [0.1, 0.15) is 44.7 Å². The minimum Gasteiger partial charge on any atom is -0.330 e. The molecule has 0 spiro atoms. The number of benzene rings is 1. The lowest BCUT2D eigenvalue weighted by Crippen LogP contribution is -1.98. The molecule has 0 saturated carbocycles. The Morgan fingerprint density at radius 2 is 1.47 bits per heavy atom. The molecule has 0 radical (unpaired) electrons. The Balaban J connectivity index is 0.000000921. The second kappa shape index (κ2) is 9.72. The lowest BCUT2D eigenvalue weighted by atomic mass is 10.1. The maximum absolute atomic E-state index is 5.44. The fourth-order valence-corrected chi connectivity index (χ4v) is 1.42. The molecule has 1 aromatic carbocycles. The van der Waals surface area contributed by atoms with Gasteiger partial charge in [0.2, 0.25) is 0 Å². The molecule has 0 aromatic heterocycles. The van der Waals surface area contributed by atoms with Crippen LogP contribution in [0.4, 0.5) is 0 Å². The highest BCUT2D eigenvalue weighted by Crippen LogP contribution is 2.07. The molecular weight excluding hydrogens is 182 g/mol. The Morgan fingerprint density at radius 3 is 1.93 bits per heavy atom. The van der Waals surface area contributed by atoms with E-state index in [4.69, 9.17) is 5.73 Å². The molecule has 0 unspecified atom stereocenters. The summed E-state index contributed by atoms with van der Waals surface area (Å²) in [4.78, 5) is 0. The Morgan fingerprint density at radius 1 is 0.933 bits per heavy atom. The molecule has 0 aliphatic rings. The smallest absolute Gasteiger partial charge is 0.00772 e. The number of unbranched alkanes of at least 4 members (excludes halogenated alkanes) is 1. The molecule has 2 N–H and O–H groups in total. The van der Waals surface area contributed by atoms with Gasteiger partial charge in [-0.15, -0.1) is 0 Å². The van der Waals surface area contributed by atoms with Crippen LogP contribution in [-0.2, 0) is 12.8 Å². The predicted octanol–water partition coefficient (Wildman–Crippen LogP) is 3.56. The van der Waals surface area contributed by atoms with Crippen molar-refractivity contribution in [3.05, 3.63) is 35.4 Å². The molecule has 1 rings (SSSR count). The Bertz CT molecular complexity index is 226. The van der Waals surface area contributed by atoms with Crippen molar-refractivity contribution < 1.29 is 0 Å². The van der Waals surface area contributed by atoms with Gasteiger partial charge in [-0.05, 0) is 43.4 Å². The van der Waals surface area contributed by atoms with Gasteiger partial charge < -0.3 is 5.73 Å². The van der Waals surface area contributed by atoms with Crippen molar-refractivity contribution in [1.29, 1.82) is 0 Å². The normalized spacial score (nSPS) is 9.33. The van der Waals surface area contributed by atoms with Gasteiger partial charge >= 0.3 is 0 Å². The fraction of sp³-hybridized carbons (Fsp3) is 0.571. The summed E-state index contributed by atoms with van der Waals surface area (Å²) in [6.45, 7) is 7.00. The fourth-order valence-electron chi connectivity index (χ4n) is 1.42. The first kappa shape index (κ1) is 14.2. The van der Waals surface area contributed by atoms with Crippen LogP contribution >= 0.6 is 0 Å². The molecule has 1 nitrogen and oxygen atoms in total. The molecule has 0 bridgehead atoms. The summed E-state index contributed by atoms with van der Waals surface area (Å²) < 4.78 is 0. The van der Waals surface area contributed by atoms with Gasteiger partial charge in [-0.25, -0.2) is 0 Å². The number of nitrogens with two attached hydrogens (primary N) is 1. The lowest BCUT2D eigenvalue weighted by Gasteiger charge is -2.01. The van der Waals surface area contributed by atoms with Crippen LogP contribution in [-0.4, -0.2) is 6.54 Å². The first-order valence-electron chi connectivity index (χ1n) is 6.14. The van der Waals surface area contributed by atoms with E-state index in [1.54, 1.807) is 0 Å². The van der Waals surface area contributed by atoms with Crippen molar-refractivity contribution in [2.24, 2.45) is 5.73 Å². The minimum atomic E-state index is 0.813. The molecule has 86 valence electrons. The minimum absolute atomic E-state index is 0.813. The van der Waals surface area contributed by atoms with E-state index in [-0.39, 0.29) is 0 Å². The quantitative estimate of drug-likeness (QED) is 0.734. The van der Waals surface area contributed by atoms with E-state index in [0.29, 0.717) is 0 Å². The summed E-state index contributed by atoms with van der Waals surface area (Å²) >= 11 is 0. The highest BCUT2D eigenvalue weighted by molar-refractivity contribution is 5.22. The van der Waals surface area contributed by atoms with Crippen molar-refractivity contribution >= 4 is 0 Å². The summed E-state index contributed by atoms with van der Waals surface area (Å²) in [5.41, 5.74) is 8.29. The first-order chi connectivity index (χ1) is 7.36. The molecule has 0 aliphatic heterocycles. The number of aryl methyl sites for hydroxylation is 2. The summed E-state index contributed by atoms with van der Waals surface area (Å²) in [6, 6.07) is 8.90. The average molecular weight is 207 g/mol. The summed E-state index contributed by atoms with van der Waals surface area (Å²) in [6.07, 6.45) is 4.64. The van der Waals surface area contributed by atoms with Gasteiger partial charge in [-0.3, -0.25) is 0 Å². The monoisotopic (exact) mass is 207 g/mol. The van der Waals surface area contributed by atoms with Crippen molar-refractivity contribution in [2.75, 3.05) is 6.54 Å². The van der Waals surface area contributed by atoms with Crippen molar-refractivity contribution in [3.8, 4) is 0 Å². The number of hydrogen-bond acceptors (Lipinski definition) is 1. The van der Waals surface area contributed by atoms with Crippen LogP contribution in [0.5, 0.6) is 0 Å². The van der Waals surface area contributed by atoms with Gasteiger partial charge in [-0.2, -0.15) is 0 Å². The van der Waals surface area contributed by atoms with Crippen LogP contribution in [0, 0.1) is 0 Å². The van der Waals surface area contributed by atoms with Gasteiger partial charge in [-0.1, -0.05) is 45.0 Å². The van der Waals surface area contributed by atoms with E-state index in [1.807, 2.05) is 13.8 Å². The van der Waals surface area contributed by atoms with Crippen LogP contribution in [0.3, 0.4) is 0 Å². The predicted molar refractivity (Wildman–Crippen MR) is 69.2 cm³/mol. The maximum Gasteiger partial charge on any atom is -0.00772 e. The van der Waals surface area contributed by atoms with E-state index in [1.165, 1.54) is 24.0 Å². The molecule has 0 saturated heterocycles. The van der Waals surface area contributed by atoms with Crippen LogP contribution < -0.4 is 5.73 Å². The lowest BCUT2D eigenvalue weighted by molar-refractivity contribution is 0.744. The number of hydrogen-bond donors (Lipinski definition) is 1. The second-order valence-electron chi connectivity index (χ2n) is 3.42. The van der Waals surface area contributed by atoms with Crippen LogP contribution in [0.2, 0.25) is 0 Å². The molecule has 15 heavy (non-hydrogen) atoms. The van der Waals surface area contributed by atoms with Gasteiger partial charge in [0.25, 0.3) is 0 Å². The van der Waals surface area contributed by atoms with E-state index in [2.05, 4.69) is 31.2 Å². The van der Waals surface area contributed by atoms with Crippen molar-refractivity contribution in [3.63, 3.8) is 0 Å². The highest BCUT2D eigenvalue weighted by atomic mass is 14.5. The first-order valence-corrected chi connectivity index (χ1v) is 6.14. The number of rotatable bonds is 5. The van der Waals surface area contributed by atoms with Crippen molar-refractivity contribution in [1.82, 2.24) is 0 Å². The third kappa shape index (κ3) is 6.29. The summed E-state index contributed by atoms with van der Waals surface area (Å²) in [7, 11) is 0. The molecule has 0 amide bonds. The molecule has 0 fully saturated rings. The average Bonchev–Trinajstić information content (AvgIpc) is 2.33. The van der Waals surface area contributed by atoms with E-state index >= 15 is 0 Å². The SMILES string of the molecule is CC.CCc1ccc(CCCCN)cc1. The topological polar surface area (TPSA) is 26.0 Å². The molecule has 0 atom stereocenters. The molecular formula is C14H25N. The van der Waals surface area contributed by atoms with Crippen LogP contribution in [0.25, 0.3) is 0 Å². The Labute approximate surface area is 94.7 Å². The van der Waals surface area contributed by atoms with Gasteiger partial charge in [0.05, 0.1) is 0 Å².